The topological polar surface area (TPSA) is 61.1 Å². The Morgan fingerprint density at radius 1 is 1.33 bits per heavy atom. The Balaban J connectivity index is 1.56. The summed E-state index contributed by atoms with van der Waals surface area (Å²) in [4.78, 5) is 15.2. The van der Waals surface area contributed by atoms with Gasteiger partial charge in [0, 0.05) is 5.02 Å². The number of hydrazone groups is 1. The van der Waals surface area contributed by atoms with Crippen LogP contribution < -0.4 is 9.99 Å². The van der Waals surface area contributed by atoms with Crippen molar-refractivity contribution in [3.05, 3.63) is 59.1 Å². The van der Waals surface area contributed by atoms with Gasteiger partial charge in [0.2, 0.25) is 0 Å². The molecule has 3 rings (SSSR count). The maximum absolute atomic E-state index is 11.9. The quantitative estimate of drug-likeness (QED) is 0.318. The number of aromatic nitrogens is 2. The molecule has 7 heteroatoms. The third-order valence-electron chi connectivity index (χ3n) is 3.40. The van der Waals surface area contributed by atoms with Gasteiger partial charge in [-0.25, -0.2) is 15.0 Å². The van der Waals surface area contributed by atoms with Crippen LogP contribution in [0, 0.1) is 0 Å². The van der Waals surface area contributed by atoms with Crippen LogP contribution in [0.15, 0.2) is 58.8 Å². The summed E-state index contributed by atoms with van der Waals surface area (Å²) < 4.78 is 2.03. The molecule has 2 N–H and O–H groups in total. The van der Waals surface area contributed by atoms with E-state index in [9.17, 15) is 4.79 Å². The number of para-hydroxylation sites is 2. The first-order chi connectivity index (χ1) is 11.6. The van der Waals surface area contributed by atoms with Crippen molar-refractivity contribution in [1.29, 1.82) is 0 Å². The highest BCUT2D eigenvalue weighted by Gasteiger charge is 2.16. The summed E-state index contributed by atoms with van der Waals surface area (Å²) in [7, 11) is 1.97. The number of aryl methyl sites for hydroxylation is 1. The number of thioether (sulfide) groups is 1. The van der Waals surface area contributed by atoms with E-state index >= 15 is 0 Å². The SMILES string of the molecule is C[n+]1c(SCC(=O)NN=Cc2cccc(Cl)c2)[nH]c2ccccc21. The maximum atomic E-state index is 11.9. The molecule has 1 amide bonds. The van der Waals surface area contributed by atoms with Crippen LogP contribution in [-0.4, -0.2) is 22.9 Å². The predicted octanol–water partition coefficient (Wildman–Crippen LogP) is 2.89. The molecule has 0 unspecified atom stereocenters. The third kappa shape index (κ3) is 3.96. The van der Waals surface area contributed by atoms with Gasteiger partial charge in [0.25, 0.3) is 5.91 Å². The second-order valence-corrected chi connectivity index (χ2v) is 6.54. The van der Waals surface area contributed by atoms with Gasteiger partial charge in [0.15, 0.2) is 11.0 Å². The van der Waals surface area contributed by atoms with Gasteiger partial charge in [0.1, 0.15) is 0 Å². The molecule has 0 bridgehead atoms. The number of halogens is 1. The molecule has 1 heterocycles. The van der Waals surface area contributed by atoms with Crippen LogP contribution in [0.5, 0.6) is 0 Å². The van der Waals surface area contributed by atoms with Gasteiger partial charge in [-0.3, -0.25) is 4.79 Å². The van der Waals surface area contributed by atoms with Crippen molar-refractivity contribution in [2.45, 2.75) is 5.16 Å². The highest BCUT2D eigenvalue weighted by atomic mass is 35.5. The Labute approximate surface area is 148 Å². The van der Waals surface area contributed by atoms with Gasteiger partial charge >= 0.3 is 5.16 Å². The van der Waals surface area contributed by atoms with E-state index in [-0.39, 0.29) is 11.7 Å². The van der Waals surface area contributed by atoms with E-state index in [4.69, 9.17) is 11.6 Å². The van der Waals surface area contributed by atoms with E-state index in [0.717, 1.165) is 21.8 Å². The van der Waals surface area contributed by atoms with Crippen LogP contribution in [0.1, 0.15) is 5.56 Å². The average Bonchev–Trinajstić information content (AvgIpc) is 2.90. The summed E-state index contributed by atoms with van der Waals surface area (Å²) >= 11 is 7.32. The van der Waals surface area contributed by atoms with Crippen LogP contribution in [-0.2, 0) is 11.8 Å². The Hall–Kier alpha value is -2.31. The molecule has 122 valence electrons. The standard InChI is InChI=1S/C17H15ClN4OS/c1-22-15-8-3-2-7-14(15)20-17(22)24-11-16(23)21-19-10-12-5-4-6-13(18)9-12/h2-10H,11H2,1H3,(H,21,23)/p+1. The van der Waals surface area contributed by atoms with Crippen molar-refractivity contribution >= 4 is 46.5 Å². The smallest absolute Gasteiger partial charge is 0.272 e. The summed E-state index contributed by atoms with van der Waals surface area (Å²) in [6.07, 6.45) is 1.57. The number of amides is 1. The summed E-state index contributed by atoms with van der Waals surface area (Å²) in [5.41, 5.74) is 5.49. The first-order valence-electron chi connectivity index (χ1n) is 7.30. The maximum Gasteiger partial charge on any atom is 0.317 e. The van der Waals surface area contributed by atoms with Gasteiger partial charge in [-0.2, -0.15) is 5.10 Å². The normalized spacial score (nSPS) is 11.2. The molecule has 3 aromatic rings. The second-order valence-electron chi connectivity index (χ2n) is 5.14. The molecule has 24 heavy (non-hydrogen) atoms. The lowest BCUT2D eigenvalue weighted by Crippen LogP contribution is -2.30. The average molecular weight is 360 g/mol. The van der Waals surface area contributed by atoms with E-state index in [1.165, 1.54) is 11.8 Å². The molecule has 0 aliphatic heterocycles. The van der Waals surface area contributed by atoms with E-state index < -0.39 is 0 Å². The van der Waals surface area contributed by atoms with Gasteiger partial charge in [0.05, 0.1) is 19.0 Å². The molecule has 0 spiro atoms. The summed E-state index contributed by atoms with van der Waals surface area (Å²) in [5.74, 6) is 0.102. The summed E-state index contributed by atoms with van der Waals surface area (Å²) in [5, 5.41) is 5.50. The lowest BCUT2D eigenvalue weighted by molar-refractivity contribution is -0.683. The lowest BCUT2D eigenvalue weighted by atomic mass is 10.2. The number of benzene rings is 2. The minimum atomic E-state index is -0.170. The van der Waals surface area contributed by atoms with Crippen molar-refractivity contribution in [1.82, 2.24) is 10.4 Å². The second kappa shape index (κ2) is 7.51. The van der Waals surface area contributed by atoms with Crippen LogP contribution >= 0.6 is 23.4 Å². The zero-order valence-electron chi connectivity index (χ0n) is 13.0. The van der Waals surface area contributed by atoms with E-state index in [1.54, 1.807) is 18.3 Å². The molecule has 2 aromatic carbocycles. The van der Waals surface area contributed by atoms with Crippen molar-refractivity contribution in [2.75, 3.05) is 5.75 Å². The van der Waals surface area contributed by atoms with Crippen LogP contribution in [0.3, 0.4) is 0 Å². The first-order valence-corrected chi connectivity index (χ1v) is 8.67. The van der Waals surface area contributed by atoms with Crippen molar-refractivity contribution in [3.8, 4) is 0 Å². The van der Waals surface area contributed by atoms with Gasteiger partial charge < -0.3 is 0 Å². The number of nitrogens with zero attached hydrogens (tertiary/aromatic N) is 2. The van der Waals surface area contributed by atoms with Crippen LogP contribution in [0.25, 0.3) is 11.0 Å². The van der Waals surface area contributed by atoms with Gasteiger partial charge in [-0.1, -0.05) is 35.9 Å². The summed E-state index contributed by atoms with van der Waals surface area (Å²) in [6, 6.07) is 15.3. The molecule has 1 aromatic heterocycles. The number of rotatable bonds is 5. The number of aromatic amines is 1. The Kier molecular flexibility index (Phi) is 5.17. The largest absolute Gasteiger partial charge is 0.317 e. The molecule has 0 atom stereocenters. The number of carbonyl (C=O) groups excluding carboxylic acids is 1. The van der Waals surface area contributed by atoms with Gasteiger partial charge in [-0.05, 0) is 41.6 Å². The Bertz CT molecular complexity index is 906. The van der Waals surface area contributed by atoms with Gasteiger partial charge in [-0.15, -0.1) is 0 Å². The molecule has 5 nitrogen and oxygen atoms in total. The summed E-state index contributed by atoms with van der Waals surface area (Å²) in [6.45, 7) is 0. The van der Waals surface area contributed by atoms with Crippen molar-refractivity contribution < 1.29 is 9.36 Å². The number of H-pyrrole nitrogens is 1. The highest BCUT2D eigenvalue weighted by Crippen LogP contribution is 2.16. The van der Waals surface area contributed by atoms with Crippen LogP contribution in [0.4, 0.5) is 0 Å². The lowest BCUT2D eigenvalue weighted by Gasteiger charge is -1.98. The number of fused-ring (bicyclic) bond motifs is 1. The number of imidazole rings is 1. The highest BCUT2D eigenvalue weighted by molar-refractivity contribution is 7.99. The van der Waals surface area contributed by atoms with E-state index in [2.05, 4.69) is 15.5 Å². The fourth-order valence-corrected chi connectivity index (χ4v) is 3.25. The van der Waals surface area contributed by atoms with E-state index in [0.29, 0.717) is 5.02 Å². The van der Waals surface area contributed by atoms with Crippen LogP contribution in [0.2, 0.25) is 5.02 Å². The molecule has 0 saturated carbocycles. The fraction of sp³-hybridized carbons (Fsp3) is 0.118. The molecular weight excluding hydrogens is 344 g/mol. The zero-order chi connectivity index (χ0) is 16.9. The molecule has 0 aliphatic carbocycles. The Morgan fingerprint density at radius 3 is 2.96 bits per heavy atom. The number of carbonyl (C=O) groups is 1. The predicted molar refractivity (Wildman–Crippen MR) is 97.4 cm³/mol. The molecule has 0 aliphatic rings. The number of nitrogens with one attached hydrogen (secondary N) is 2. The minimum absolute atomic E-state index is 0.170. The first kappa shape index (κ1) is 16.5. The molecule has 0 fully saturated rings. The Morgan fingerprint density at radius 2 is 2.17 bits per heavy atom. The van der Waals surface area contributed by atoms with Crippen molar-refractivity contribution in [3.63, 3.8) is 0 Å². The number of hydrogen-bond acceptors (Lipinski definition) is 3. The fourth-order valence-electron chi connectivity index (χ4n) is 2.25. The molecule has 0 radical (unpaired) electrons. The molecule has 0 saturated heterocycles. The number of hydrogen-bond donors (Lipinski definition) is 2. The minimum Gasteiger partial charge on any atom is -0.272 e. The molecular formula is C17H16ClN4OS+. The van der Waals surface area contributed by atoms with E-state index in [1.807, 2.05) is 48.0 Å². The van der Waals surface area contributed by atoms with Crippen molar-refractivity contribution in [2.24, 2.45) is 12.1 Å². The monoisotopic (exact) mass is 359 g/mol. The third-order valence-corrected chi connectivity index (χ3v) is 4.69. The zero-order valence-corrected chi connectivity index (χ0v) is 14.6.